The number of anilines is 2. The van der Waals surface area contributed by atoms with Crippen molar-refractivity contribution >= 4 is 57.1 Å². The second-order valence-corrected chi connectivity index (χ2v) is 14.8. The number of alkyl halides is 1. The number of benzene rings is 1. The molecule has 2 aliphatic heterocycles. The fraction of sp³-hybridized carbons (Fsp3) is 0.436. The summed E-state index contributed by atoms with van der Waals surface area (Å²) in [5.41, 5.74) is 3.02. The Kier molecular flexibility index (Phi) is 9.65. The van der Waals surface area contributed by atoms with Gasteiger partial charge in [0.15, 0.2) is 0 Å². The number of carbonyl (C=O) groups excluding carboxylic acids is 4. The molecule has 1 saturated carbocycles. The monoisotopic (exact) mass is 750 g/mol. The third-order valence-corrected chi connectivity index (χ3v) is 11.6. The van der Waals surface area contributed by atoms with Crippen molar-refractivity contribution in [1.82, 2.24) is 39.1 Å². The number of aromatic nitrogens is 6. The average Bonchev–Trinajstić information content (AvgIpc) is 3.75. The predicted molar refractivity (Wildman–Crippen MR) is 202 cm³/mol. The van der Waals surface area contributed by atoms with E-state index < -0.39 is 24.5 Å². The summed E-state index contributed by atoms with van der Waals surface area (Å²) < 4.78 is 18.1. The van der Waals surface area contributed by atoms with Gasteiger partial charge in [-0.15, -0.1) is 0 Å². The van der Waals surface area contributed by atoms with Gasteiger partial charge < -0.3 is 15.1 Å². The van der Waals surface area contributed by atoms with Crippen molar-refractivity contribution in [3.05, 3.63) is 76.7 Å². The van der Waals surface area contributed by atoms with Gasteiger partial charge in [0.25, 0.3) is 5.91 Å². The van der Waals surface area contributed by atoms with E-state index in [0.717, 1.165) is 55.1 Å². The van der Waals surface area contributed by atoms with Gasteiger partial charge in [0.05, 0.1) is 34.7 Å². The lowest BCUT2D eigenvalue weighted by Crippen LogP contribution is -2.47. The molecule has 1 unspecified atom stereocenters. The van der Waals surface area contributed by atoms with Crippen LogP contribution in [0.5, 0.6) is 0 Å². The molecule has 16 heteroatoms. The maximum Gasteiger partial charge on any atom is 0.329 e. The van der Waals surface area contributed by atoms with Crippen molar-refractivity contribution in [2.24, 2.45) is 13.0 Å². The van der Waals surface area contributed by atoms with E-state index >= 15 is 0 Å². The van der Waals surface area contributed by atoms with Crippen LogP contribution in [-0.4, -0.2) is 83.6 Å². The highest BCUT2D eigenvalue weighted by molar-refractivity contribution is 6.03. The normalized spacial score (nSPS) is 20.9. The minimum atomic E-state index is -0.755. The van der Waals surface area contributed by atoms with Crippen LogP contribution in [0.1, 0.15) is 79.6 Å². The minimum Gasteiger partial charge on any atom is -0.370 e. The van der Waals surface area contributed by atoms with Crippen LogP contribution in [0.3, 0.4) is 0 Å². The Morgan fingerprint density at radius 2 is 1.76 bits per heavy atom. The molecular formula is C39H43FN10O5. The van der Waals surface area contributed by atoms with Crippen molar-refractivity contribution in [2.75, 3.05) is 30.4 Å². The average molecular weight is 751 g/mol. The number of piperidine rings is 2. The zero-order valence-corrected chi connectivity index (χ0v) is 30.8. The molecule has 0 bridgehead atoms. The first kappa shape index (κ1) is 36.1. The molecule has 2 N–H and O–H groups in total. The molecule has 4 amide bonds. The number of imidazole rings is 1. The summed E-state index contributed by atoms with van der Waals surface area (Å²) in [6, 6.07) is 11.6. The number of hydrogen-bond donors (Lipinski definition) is 2. The quantitative estimate of drug-likeness (QED) is 0.223. The number of halogens is 1. The van der Waals surface area contributed by atoms with Gasteiger partial charge in [-0.3, -0.25) is 38.3 Å². The molecule has 3 fully saturated rings. The maximum atomic E-state index is 13.8. The van der Waals surface area contributed by atoms with E-state index in [0.29, 0.717) is 29.9 Å². The molecule has 0 spiro atoms. The van der Waals surface area contributed by atoms with Crippen molar-refractivity contribution in [3.8, 4) is 0 Å². The van der Waals surface area contributed by atoms with Gasteiger partial charge in [0, 0.05) is 57.1 Å². The fourth-order valence-electron chi connectivity index (χ4n) is 8.51. The second-order valence-electron chi connectivity index (χ2n) is 14.8. The number of aryl methyl sites for hydroxylation is 1. The summed E-state index contributed by atoms with van der Waals surface area (Å²) in [4.78, 5) is 76.9. The molecule has 6 heterocycles. The van der Waals surface area contributed by atoms with Crippen molar-refractivity contribution in [2.45, 2.75) is 76.2 Å². The first-order valence-corrected chi connectivity index (χ1v) is 18.8. The molecule has 4 aromatic heterocycles. The number of pyridine rings is 2. The highest BCUT2D eigenvalue weighted by Crippen LogP contribution is 2.36. The molecular weight excluding hydrogens is 707 g/mol. The second kappa shape index (κ2) is 14.7. The van der Waals surface area contributed by atoms with Gasteiger partial charge >= 0.3 is 5.69 Å². The fourth-order valence-corrected chi connectivity index (χ4v) is 8.51. The zero-order valence-electron chi connectivity index (χ0n) is 30.8. The maximum absolute atomic E-state index is 13.8. The highest BCUT2D eigenvalue weighted by Gasteiger charge is 2.35. The molecule has 286 valence electrons. The minimum absolute atomic E-state index is 0.0624. The summed E-state index contributed by atoms with van der Waals surface area (Å²) in [6.07, 6.45) is 8.73. The number of nitrogens with one attached hydrogen (secondary N) is 2. The predicted octanol–water partition coefficient (Wildman–Crippen LogP) is 4.04. The van der Waals surface area contributed by atoms with Gasteiger partial charge in [0.2, 0.25) is 17.7 Å². The Balaban J connectivity index is 0.868. The standard InChI is InChI=1S/C39H43FN10O5/c1-46(26-15-17-48(18-16-26)30-7-4-8-31-35(30)47(2)39(55)50(31)32-13-14-34(51)44-37(32)53)38(54)23-9-11-27(12-10-23)49-22-24-19-33(41-21-29(24)45-49)43-36(52)28-6-3-5-25(20-40)42-28/h3-8,19,21-23,26-27,32H,9-18,20H2,1-2H3,(H,43,52)(H,44,51,53). The van der Waals surface area contributed by atoms with Gasteiger partial charge in [-0.25, -0.2) is 19.2 Å². The van der Waals surface area contributed by atoms with Crippen LogP contribution in [0.25, 0.3) is 21.9 Å². The molecule has 55 heavy (non-hydrogen) atoms. The summed E-state index contributed by atoms with van der Waals surface area (Å²) in [6.45, 7) is 0.667. The molecule has 1 aromatic carbocycles. The number of para-hydroxylation sites is 1. The van der Waals surface area contributed by atoms with Crippen LogP contribution in [0.15, 0.2) is 59.7 Å². The molecule has 1 atom stereocenters. The van der Waals surface area contributed by atoms with Gasteiger partial charge in [-0.1, -0.05) is 12.1 Å². The largest absolute Gasteiger partial charge is 0.370 e. The Morgan fingerprint density at radius 3 is 2.51 bits per heavy atom. The van der Waals surface area contributed by atoms with Gasteiger partial charge in [0.1, 0.15) is 29.7 Å². The van der Waals surface area contributed by atoms with E-state index in [-0.39, 0.29) is 59.7 Å². The van der Waals surface area contributed by atoms with E-state index in [9.17, 15) is 28.4 Å². The number of amides is 4. The Bertz CT molecular complexity index is 2370. The first-order chi connectivity index (χ1) is 26.6. The molecule has 8 rings (SSSR count). The van der Waals surface area contributed by atoms with Crippen LogP contribution in [0.4, 0.5) is 15.9 Å². The Morgan fingerprint density at radius 1 is 1.00 bits per heavy atom. The van der Waals surface area contributed by atoms with E-state index in [1.54, 1.807) is 29.9 Å². The van der Waals surface area contributed by atoms with Crippen molar-refractivity contribution in [3.63, 3.8) is 0 Å². The SMILES string of the molecule is CN(C(=O)C1CCC(n2cc3cc(NC(=O)c4cccc(CF)n4)ncc3n2)CC1)C1CCN(c2cccc3c2n(C)c(=O)n3C2CCC(=O)NC2=O)CC1. The van der Waals surface area contributed by atoms with Crippen LogP contribution < -0.4 is 21.2 Å². The zero-order chi connectivity index (χ0) is 38.4. The number of hydrogen-bond acceptors (Lipinski definition) is 9. The summed E-state index contributed by atoms with van der Waals surface area (Å²) in [5, 5.41) is 10.7. The van der Waals surface area contributed by atoms with Gasteiger partial charge in [-0.05, 0) is 75.3 Å². The molecule has 3 aliphatic rings. The molecule has 2 saturated heterocycles. The number of imide groups is 1. The first-order valence-electron chi connectivity index (χ1n) is 18.8. The van der Waals surface area contributed by atoms with E-state index in [1.807, 2.05) is 41.0 Å². The third kappa shape index (κ3) is 6.85. The summed E-state index contributed by atoms with van der Waals surface area (Å²) >= 11 is 0. The molecule has 15 nitrogen and oxygen atoms in total. The summed E-state index contributed by atoms with van der Waals surface area (Å²) in [5.74, 6) is -0.799. The topological polar surface area (TPSA) is 169 Å². The highest BCUT2D eigenvalue weighted by atomic mass is 19.1. The lowest BCUT2D eigenvalue weighted by molar-refractivity contribution is -0.138. The number of fused-ring (bicyclic) bond motifs is 2. The number of carbonyl (C=O) groups is 4. The Hall–Kier alpha value is -5.93. The van der Waals surface area contributed by atoms with Crippen LogP contribution in [0.2, 0.25) is 0 Å². The van der Waals surface area contributed by atoms with E-state index in [1.165, 1.54) is 16.7 Å². The van der Waals surface area contributed by atoms with Gasteiger partial charge in [-0.2, -0.15) is 5.10 Å². The smallest absolute Gasteiger partial charge is 0.329 e. The lowest BCUT2D eigenvalue weighted by atomic mass is 9.84. The molecule has 0 radical (unpaired) electrons. The van der Waals surface area contributed by atoms with Crippen molar-refractivity contribution in [1.29, 1.82) is 0 Å². The number of rotatable bonds is 8. The molecule has 1 aliphatic carbocycles. The van der Waals surface area contributed by atoms with E-state index in [2.05, 4.69) is 25.5 Å². The molecule has 5 aromatic rings. The van der Waals surface area contributed by atoms with Crippen LogP contribution >= 0.6 is 0 Å². The van der Waals surface area contributed by atoms with E-state index in [4.69, 9.17) is 5.10 Å². The third-order valence-electron chi connectivity index (χ3n) is 11.6. The lowest BCUT2D eigenvalue weighted by Gasteiger charge is -2.40. The van der Waals surface area contributed by atoms with Crippen molar-refractivity contribution < 1.29 is 23.6 Å². The van der Waals surface area contributed by atoms with Crippen LogP contribution in [-0.2, 0) is 28.1 Å². The number of nitrogens with zero attached hydrogens (tertiary/aromatic N) is 8. The summed E-state index contributed by atoms with van der Waals surface area (Å²) in [7, 11) is 3.63. The van der Waals surface area contributed by atoms with Crippen LogP contribution in [0, 0.1) is 5.92 Å². The Labute approximate surface area is 315 Å².